The Labute approximate surface area is 98.0 Å². The SMILES string of the molecule is C=N/N=C(\OCCC)c1ccc(Br)cc1. The molecule has 0 aliphatic carbocycles. The molecule has 0 saturated heterocycles. The molecule has 0 aliphatic rings. The second kappa shape index (κ2) is 6.35. The van der Waals surface area contributed by atoms with E-state index in [1.807, 2.05) is 31.2 Å². The lowest BCUT2D eigenvalue weighted by molar-refractivity contribution is 0.304. The van der Waals surface area contributed by atoms with Gasteiger partial charge in [0, 0.05) is 16.8 Å². The Bertz CT molecular complexity index is 346. The van der Waals surface area contributed by atoms with E-state index in [4.69, 9.17) is 4.74 Å². The van der Waals surface area contributed by atoms with E-state index in [9.17, 15) is 0 Å². The van der Waals surface area contributed by atoms with Crippen LogP contribution in [0.15, 0.2) is 38.9 Å². The van der Waals surface area contributed by atoms with Gasteiger partial charge in [-0.1, -0.05) is 22.9 Å². The normalized spacial score (nSPS) is 11.2. The Hall–Kier alpha value is -1.16. The molecule has 80 valence electrons. The van der Waals surface area contributed by atoms with E-state index in [-0.39, 0.29) is 0 Å². The Morgan fingerprint density at radius 3 is 2.60 bits per heavy atom. The van der Waals surface area contributed by atoms with E-state index in [0.717, 1.165) is 16.5 Å². The van der Waals surface area contributed by atoms with E-state index in [1.165, 1.54) is 0 Å². The third kappa shape index (κ3) is 3.83. The molecule has 15 heavy (non-hydrogen) atoms. The van der Waals surface area contributed by atoms with Crippen LogP contribution in [0.3, 0.4) is 0 Å². The summed E-state index contributed by atoms with van der Waals surface area (Å²) in [5, 5.41) is 7.34. The van der Waals surface area contributed by atoms with Crippen LogP contribution in [0.25, 0.3) is 0 Å². The number of benzene rings is 1. The van der Waals surface area contributed by atoms with Crippen LogP contribution < -0.4 is 0 Å². The summed E-state index contributed by atoms with van der Waals surface area (Å²) in [5.41, 5.74) is 0.902. The van der Waals surface area contributed by atoms with Crippen molar-refractivity contribution < 1.29 is 4.74 Å². The Morgan fingerprint density at radius 1 is 1.40 bits per heavy atom. The summed E-state index contributed by atoms with van der Waals surface area (Å²) >= 11 is 3.37. The standard InChI is InChI=1S/C11H13BrN2O/c1-3-8-15-11(14-13-2)9-4-6-10(12)7-5-9/h4-7H,2-3,8H2,1H3/b14-11-. The highest BCUT2D eigenvalue weighted by molar-refractivity contribution is 9.10. The van der Waals surface area contributed by atoms with Gasteiger partial charge in [-0.25, -0.2) is 0 Å². The van der Waals surface area contributed by atoms with Gasteiger partial charge in [-0.2, -0.15) is 5.10 Å². The average Bonchev–Trinajstić information content (AvgIpc) is 2.25. The molecule has 4 heteroatoms. The van der Waals surface area contributed by atoms with Crippen LogP contribution in [0.5, 0.6) is 0 Å². The molecule has 1 aromatic carbocycles. The van der Waals surface area contributed by atoms with Crippen molar-refractivity contribution in [1.29, 1.82) is 0 Å². The first-order chi connectivity index (χ1) is 7.27. The van der Waals surface area contributed by atoms with Crippen molar-refractivity contribution in [2.45, 2.75) is 13.3 Å². The molecule has 0 heterocycles. The first-order valence-electron chi connectivity index (χ1n) is 4.70. The number of hydrogen-bond acceptors (Lipinski definition) is 3. The van der Waals surface area contributed by atoms with Gasteiger partial charge in [0.2, 0.25) is 5.90 Å². The molecule has 1 rings (SSSR count). The van der Waals surface area contributed by atoms with E-state index in [0.29, 0.717) is 12.5 Å². The maximum Gasteiger partial charge on any atom is 0.240 e. The number of ether oxygens (including phenoxy) is 1. The zero-order chi connectivity index (χ0) is 11.1. The predicted molar refractivity (Wildman–Crippen MR) is 66.5 cm³/mol. The third-order valence-corrected chi connectivity index (χ3v) is 2.22. The van der Waals surface area contributed by atoms with Crippen molar-refractivity contribution in [3.63, 3.8) is 0 Å². The van der Waals surface area contributed by atoms with E-state index < -0.39 is 0 Å². The first kappa shape index (κ1) is 11.9. The van der Waals surface area contributed by atoms with E-state index >= 15 is 0 Å². The van der Waals surface area contributed by atoms with Crippen LogP contribution in [0.2, 0.25) is 0 Å². The lowest BCUT2D eigenvalue weighted by Crippen LogP contribution is -2.07. The molecular formula is C11H13BrN2O. The highest BCUT2D eigenvalue weighted by Crippen LogP contribution is 2.12. The average molecular weight is 269 g/mol. The summed E-state index contributed by atoms with van der Waals surface area (Å²) in [4.78, 5) is 0. The smallest absolute Gasteiger partial charge is 0.240 e. The fraction of sp³-hybridized carbons (Fsp3) is 0.273. The Morgan fingerprint density at radius 2 is 2.07 bits per heavy atom. The van der Waals surface area contributed by atoms with Crippen molar-refractivity contribution in [3.05, 3.63) is 34.3 Å². The minimum atomic E-state index is 0.513. The van der Waals surface area contributed by atoms with Crippen LogP contribution >= 0.6 is 15.9 Å². The summed E-state index contributed by atoms with van der Waals surface area (Å²) in [6.45, 7) is 6.00. The predicted octanol–water partition coefficient (Wildman–Crippen LogP) is 3.24. The zero-order valence-electron chi connectivity index (χ0n) is 8.61. The molecule has 0 N–H and O–H groups in total. The molecule has 0 saturated carbocycles. The van der Waals surface area contributed by atoms with Gasteiger partial charge in [0.1, 0.15) is 0 Å². The summed E-state index contributed by atoms with van der Waals surface area (Å²) in [5.74, 6) is 0.513. The summed E-state index contributed by atoms with van der Waals surface area (Å²) in [6.07, 6.45) is 0.937. The van der Waals surface area contributed by atoms with Gasteiger partial charge in [-0.05, 0) is 30.7 Å². The quantitative estimate of drug-likeness (QED) is 0.469. The molecule has 0 radical (unpaired) electrons. The Kier molecular flexibility index (Phi) is 5.04. The van der Waals surface area contributed by atoms with Crippen LogP contribution in [0, 0.1) is 0 Å². The fourth-order valence-electron chi connectivity index (χ4n) is 1.03. The van der Waals surface area contributed by atoms with Crippen molar-refractivity contribution in [2.24, 2.45) is 10.2 Å². The Balaban J connectivity index is 2.84. The minimum Gasteiger partial charge on any atom is -0.476 e. The molecule has 0 unspecified atom stereocenters. The van der Waals surface area contributed by atoms with Gasteiger partial charge in [0.15, 0.2) is 0 Å². The van der Waals surface area contributed by atoms with Gasteiger partial charge < -0.3 is 4.74 Å². The molecule has 0 fully saturated rings. The van der Waals surface area contributed by atoms with Gasteiger partial charge in [0.25, 0.3) is 0 Å². The highest BCUT2D eigenvalue weighted by atomic mass is 79.9. The van der Waals surface area contributed by atoms with Crippen molar-refractivity contribution in [2.75, 3.05) is 6.61 Å². The van der Waals surface area contributed by atoms with E-state index in [1.54, 1.807) is 0 Å². The van der Waals surface area contributed by atoms with Crippen LogP contribution in [0.1, 0.15) is 18.9 Å². The molecule has 0 aromatic heterocycles. The molecule has 3 nitrogen and oxygen atoms in total. The fourth-order valence-corrected chi connectivity index (χ4v) is 1.29. The lowest BCUT2D eigenvalue weighted by atomic mass is 10.2. The van der Waals surface area contributed by atoms with Crippen molar-refractivity contribution in [3.8, 4) is 0 Å². The summed E-state index contributed by atoms with van der Waals surface area (Å²) in [6, 6.07) is 7.71. The maximum absolute atomic E-state index is 5.46. The molecule has 0 amide bonds. The second-order valence-corrected chi connectivity index (χ2v) is 3.82. The van der Waals surface area contributed by atoms with Gasteiger partial charge >= 0.3 is 0 Å². The molecule has 0 spiro atoms. The number of nitrogens with zero attached hydrogens (tertiary/aromatic N) is 2. The van der Waals surface area contributed by atoms with Gasteiger partial charge in [-0.3, -0.25) is 0 Å². The second-order valence-electron chi connectivity index (χ2n) is 2.90. The lowest BCUT2D eigenvalue weighted by Gasteiger charge is -2.06. The molecular weight excluding hydrogens is 256 g/mol. The minimum absolute atomic E-state index is 0.513. The topological polar surface area (TPSA) is 34.0 Å². The summed E-state index contributed by atoms with van der Waals surface area (Å²) < 4.78 is 6.48. The van der Waals surface area contributed by atoms with Crippen LogP contribution in [-0.4, -0.2) is 19.2 Å². The highest BCUT2D eigenvalue weighted by Gasteiger charge is 2.03. The third-order valence-electron chi connectivity index (χ3n) is 1.70. The monoisotopic (exact) mass is 268 g/mol. The van der Waals surface area contributed by atoms with Gasteiger partial charge in [-0.15, -0.1) is 5.10 Å². The van der Waals surface area contributed by atoms with Crippen LogP contribution in [0.4, 0.5) is 0 Å². The van der Waals surface area contributed by atoms with Crippen molar-refractivity contribution >= 4 is 28.5 Å². The molecule has 1 aromatic rings. The van der Waals surface area contributed by atoms with Gasteiger partial charge in [0.05, 0.1) is 6.61 Å². The molecule has 0 bridgehead atoms. The first-order valence-corrected chi connectivity index (χ1v) is 5.49. The maximum atomic E-state index is 5.46. The zero-order valence-corrected chi connectivity index (χ0v) is 10.2. The van der Waals surface area contributed by atoms with Crippen molar-refractivity contribution in [1.82, 2.24) is 0 Å². The number of hydrogen-bond donors (Lipinski definition) is 0. The van der Waals surface area contributed by atoms with E-state index in [2.05, 4.69) is 32.9 Å². The number of halogens is 1. The van der Waals surface area contributed by atoms with Crippen LogP contribution in [-0.2, 0) is 4.74 Å². The summed E-state index contributed by atoms with van der Waals surface area (Å²) in [7, 11) is 0. The molecule has 0 aliphatic heterocycles. The number of rotatable bonds is 4. The molecule has 0 atom stereocenters. The largest absolute Gasteiger partial charge is 0.476 e.